The molecule has 0 aromatic heterocycles. The van der Waals surface area contributed by atoms with Crippen LogP contribution in [0.1, 0.15) is 0 Å². The summed E-state index contributed by atoms with van der Waals surface area (Å²) in [5, 5.41) is 0. The van der Waals surface area contributed by atoms with Gasteiger partial charge >= 0.3 is 5.97 Å². The van der Waals surface area contributed by atoms with E-state index in [0.29, 0.717) is 0 Å². The third kappa shape index (κ3) is 2.39. The van der Waals surface area contributed by atoms with Gasteiger partial charge in [-0.1, -0.05) is 6.58 Å². The van der Waals surface area contributed by atoms with E-state index in [1.807, 2.05) is 0 Å². The maximum Gasteiger partial charge on any atom is 0.348 e. The van der Waals surface area contributed by atoms with Gasteiger partial charge in [-0.2, -0.15) is 0 Å². The van der Waals surface area contributed by atoms with Crippen molar-refractivity contribution in [3.63, 3.8) is 0 Å². The molecular weight excluding hydrogens is 144 g/mol. The Kier molecular flexibility index (Phi) is 3.11. The Hall–Kier alpha value is -0.680. The maximum atomic E-state index is 10.3. The van der Waals surface area contributed by atoms with Crippen LogP contribution in [-0.4, -0.2) is 21.8 Å². The van der Waals surface area contributed by atoms with Crippen LogP contribution in [0.25, 0.3) is 0 Å². The molecule has 0 saturated heterocycles. The topological polar surface area (TPSA) is 63.6 Å². The van der Waals surface area contributed by atoms with E-state index in [-0.39, 0.29) is 0 Å². The van der Waals surface area contributed by atoms with Gasteiger partial charge in [0, 0.05) is 0 Å². The zero-order chi connectivity index (χ0) is 7.44. The molecule has 0 aliphatic carbocycles. The molecular formula is C4H6O4S. The molecule has 0 aromatic rings. The Balaban J connectivity index is 4.05. The summed E-state index contributed by atoms with van der Waals surface area (Å²) in [6.07, 6.45) is 0. The zero-order valence-corrected chi connectivity index (χ0v) is 5.60. The van der Waals surface area contributed by atoms with Crippen LogP contribution in [0.4, 0.5) is 0 Å². The number of rotatable bonds is 2. The standard InChI is InChI=1S/C4H6O4S/c1-3(9(6)7)4(5)8-2/h1H2,2H3,(H,6,7). The number of ether oxygens (including phenoxy) is 1. The molecule has 52 valence electrons. The number of esters is 1. The van der Waals surface area contributed by atoms with Crippen molar-refractivity contribution in [2.45, 2.75) is 0 Å². The van der Waals surface area contributed by atoms with E-state index < -0.39 is 22.0 Å². The van der Waals surface area contributed by atoms with E-state index in [0.717, 1.165) is 7.11 Å². The Labute approximate surface area is 54.8 Å². The van der Waals surface area contributed by atoms with E-state index in [2.05, 4.69) is 11.3 Å². The molecule has 0 radical (unpaired) electrons. The number of hydrogen-bond acceptors (Lipinski definition) is 3. The Morgan fingerprint density at radius 3 is 2.33 bits per heavy atom. The lowest BCUT2D eigenvalue weighted by molar-refractivity contribution is -0.135. The number of carbonyl (C=O) groups is 1. The van der Waals surface area contributed by atoms with Crippen LogP contribution in [0.2, 0.25) is 0 Å². The number of hydrogen-bond donors (Lipinski definition) is 1. The summed E-state index contributed by atoms with van der Waals surface area (Å²) < 4.78 is 22.3. The highest BCUT2D eigenvalue weighted by Crippen LogP contribution is 1.95. The van der Waals surface area contributed by atoms with E-state index in [1.54, 1.807) is 0 Å². The van der Waals surface area contributed by atoms with Crippen molar-refractivity contribution in [2.24, 2.45) is 0 Å². The first-order valence-corrected chi connectivity index (χ1v) is 3.08. The van der Waals surface area contributed by atoms with Crippen molar-refractivity contribution in [3.8, 4) is 0 Å². The van der Waals surface area contributed by atoms with Crippen molar-refractivity contribution in [1.29, 1.82) is 0 Å². The highest BCUT2D eigenvalue weighted by atomic mass is 32.2. The fraction of sp³-hybridized carbons (Fsp3) is 0.250. The second-order valence-electron chi connectivity index (χ2n) is 1.16. The van der Waals surface area contributed by atoms with Gasteiger partial charge in [0.2, 0.25) is 0 Å². The van der Waals surface area contributed by atoms with E-state index in [1.165, 1.54) is 0 Å². The smallest absolute Gasteiger partial charge is 0.348 e. The molecule has 0 amide bonds. The summed E-state index contributed by atoms with van der Waals surface area (Å²) in [7, 11) is 1.11. The second-order valence-corrected chi connectivity index (χ2v) is 2.16. The van der Waals surface area contributed by atoms with Crippen molar-refractivity contribution in [1.82, 2.24) is 0 Å². The van der Waals surface area contributed by atoms with Gasteiger partial charge in [-0.15, -0.1) is 0 Å². The monoisotopic (exact) mass is 150 g/mol. The number of methoxy groups -OCH3 is 1. The molecule has 4 nitrogen and oxygen atoms in total. The molecule has 0 fully saturated rings. The summed E-state index contributed by atoms with van der Waals surface area (Å²) >= 11 is -2.31. The minimum Gasteiger partial charge on any atom is -0.465 e. The highest BCUT2D eigenvalue weighted by molar-refractivity contribution is 7.84. The van der Waals surface area contributed by atoms with Gasteiger partial charge in [0.1, 0.15) is 4.91 Å². The average molecular weight is 150 g/mol. The first-order chi connectivity index (χ1) is 4.09. The van der Waals surface area contributed by atoms with E-state index in [4.69, 9.17) is 4.55 Å². The predicted molar refractivity (Wildman–Crippen MR) is 31.9 cm³/mol. The van der Waals surface area contributed by atoms with Crippen molar-refractivity contribution < 1.29 is 18.3 Å². The Morgan fingerprint density at radius 2 is 2.22 bits per heavy atom. The van der Waals surface area contributed by atoms with Crippen LogP contribution >= 0.6 is 0 Å². The fourth-order valence-corrected chi connectivity index (χ4v) is 0.411. The van der Waals surface area contributed by atoms with Crippen LogP contribution in [0.5, 0.6) is 0 Å². The van der Waals surface area contributed by atoms with Gasteiger partial charge in [-0.05, 0) is 0 Å². The van der Waals surface area contributed by atoms with Crippen LogP contribution in [0.3, 0.4) is 0 Å². The predicted octanol–water partition coefficient (Wildman–Crippen LogP) is -0.105. The molecule has 0 aromatic carbocycles. The third-order valence-corrected chi connectivity index (χ3v) is 1.21. The normalized spacial score (nSPS) is 12.2. The molecule has 0 bridgehead atoms. The number of carbonyl (C=O) groups excluding carboxylic acids is 1. The molecule has 1 atom stereocenters. The lowest BCUT2D eigenvalue weighted by atomic mass is 10.6. The van der Waals surface area contributed by atoms with Crippen LogP contribution in [-0.2, 0) is 20.6 Å². The quantitative estimate of drug-likeness (QED) is 0.339. The first kappa shape index (κ1) is 8.32. The van der Waals surface area contributed by atoms with Crippen LogP contribution in [0.15, 0.2) is 11.5 Å². The summed E-state index contributed by atoms with van der Waals surface area (Å²) in [6, 6.07) is 0. The molecule has 1 N–H and O–H groups in total. The molecule has 1 unspecified atom stereocenters. The summed E-state index contributed by atoms with van der Waals surface area (Å²) in [5.41, 5.74) is 0. The summed E-state index contributed by atoms with van der Waals surface area (Å²) in [4.78, 5) is 9.83. The third-order valence-electron chi connectivity index (χ3n) is 0.624. The van der Waals surface area contributed by atoms with Crippen molar-refractivity contribution in [2.75, 3.05) is 7.11 Å². The fourth-order valence-electron chi connectivity index (χ4n) is 0.185. The van der Waals surface area contributed by atoms with Gasteiger partial charge in [0.05, 0.1) is 7.11 Å². The molecule has 0 heterocycles. The molecule has 9 heavy (non-hydrogen) atoms. The van der Waals surface area contributed by atoms with Gasteiger partial charge in [0.25, 0.3) is 0 Å². The Morgan fingerprint density at radius 1 is 1.78 bits per heavy atom. The SMILES string of the molecule is C=C(C(=O)OC)S(=O)O. The molecule has 0 aliphatic heterocycles. The Bertz CT molecular complexity index is 162. The van der Waals surface area contributed by atoms with Gasteiger partial charge in [-0.25, -0.2) is 9.00 Å². The minimum absolute atomic E-state index is 0.447. The molecule has 5 heteroatoms. The van der Waals surface area contributed by atoms with Crippen molar-refractivity contribution >= 4 is 17.0 Å². The summed E-state index contributed by atoms with van der Waals surface area (Å²) in [6.45, 7) is 3.00. The van der Waals surface area contributed by atoms with Crippen LogP contribution in [0, 0.1) is 0 Å². The molecule has 0 spiro atoms. The van der Waals surface area contributed by atoms with Crippen molar-refractivity contribution in [3.05, 3.63) is 11.5 Å². The van der Waals surface area contributed by atoms with Gasteiger partial charge < -0.3 is 9.29 Å². The van der Waals surface area contributed by atoms with Crippen LogP contribution < -0.4 is 0 Å². The largest absolute Gasteiger partial charge is 0.465 e. The first-order valence-electron chi connectivity index (χ1n) is 1.97. The maximum absolute atomic E-state index is 10.3. The van der Waals surface area contributed by atoms with Gasteiger partial charge in [-0.3, -0.25) is 0 Å². The summed E-state index contributed by atoms with van der Waals surface area (Å²) in [5.74, 6) is -0.865. The van der Waals surface area contributed by atoms with E-state index >= 15 is 0 Å². The molecule has 0 aliphatic rings. The zero-order valence-electron chi connectivity index (χ0n) is 4.79. The molecule has 0 rings (SSSR count). The lowest BCUT2D eigenvalue weighted by Gasteiger charge is -1.94. The minimum atomic E-state index is -2.31. The average Bonchev–Trinajstić information content (AvgIpc) is 1.84. The molecule has 0 saturated carbocycles. The lowest BCUT2D eigenvalue weighted by Crippen LogP contribution is -2.07. The van der Waals surface area contributed by atoms with Gasteiger partial charge in [0.15, 0.2) is 11.1 Å². The second kappa shape index (κ2) is 3.37. The highest BCUT2D eigenvalue weighted by Gasteiger charge is 2.11. The van der Waals surface area contributed by atoms with E-state index in [9.17, 15) is 9.00 Å².